The molecule has 1 aromatic carbocycles. The minimum atomic E-state index is -0.545. The minimum absolute atomic E-state index is 0.0268. The third-order valence-corrected chi connectivity index (χ3v) is 6.25. The highest BCUT2D eigenvalue weighted by Gasteiger charge is 2.51. The lowest BCUT2D eigenvalue weighted by molar-refractivity contribution is -0.151. The van der Waals surface area contributed by atoms with Crippen LogP contribution in [0.4, 0.5) is 5.69 Å². The van der Waals surface area contributed by atoms with E-state index in [1.807, 2.05) is 0 Å². The third kappa shape index (κ3) is 3.96. The van der Waals surface area contributed by atoms with E-state index in [2.05, 4.69) is 27.7 Å². The lowest BCUT2D eigenvalue weighted by Gasteiger charge is -2.51. The number of benzene rings is 1. The summed E-state index contributed by atoms with van der Waals surface area (Å²) < 4.78 is 4.79. The van der Waals surface area contributed by atoms with E-state index in [1.54, 1.807) is 29.2 Å². The summed E-state index contributed by atoms with van der Waals surface area (Å²) in [5.74, 6) is -0.0536. The van der Waals surface area contributed by atoms with E-state index in [9.17, 15) is 14.4 Å². The van der Waals surface area contributed by atoms with Crippen molar-refractivity contribution in [2.75, 3.05) is 19.0 Å². The molecule has 3 unspecified atom stereocenters. The highest BCUT2D eigenvalue weighted by Crippen LogP contribution is 2.35. The molecule has 0 aromatic heterocycles. The van der Waals surface area contributed by atoms with Crippen LogP contribution >= 0.6 is 0 Å². The van der Waals surface area contributed by atoms with Crippen LogP contribution < -0.4 is 10.7 Å². The van der Waals surface area contributed by atoms with Gasteiger partial charge in [0, 0.05) is 6.42 Å². The Hall–Kier alpha value is -3.10. The summed E-state index contributed by atoms with van der Waals surface area (Å²) in [6.45, 7) is 2.04. The highest BCUT2D eigenvalue weighted by atomic mass is 16.5. The minimum Gasteiger partial charge on any atom is -0.465 e. The van der Waals surface area contributed by atoms with Gasteiger partial charge in [-0.05, 0) is 31.4 Å². The number of esters is 1. The summed E-state index contributed by atoms with van der Waals surface area (Å²) in [5, 5.41) is 7.21. The van der Waals surface area contributed by atoms with Gasteiger partial charge in [0.1, 0.15) is 12.4 Å². The summed E-state index contributed by atoms with van der Waals surface area (Å²) in [6.07, 6.45) is 5.21. The van der Waals surface area contributed by atoms with Gasteiger partial charge < -0.3 is 19.9 Å². The van der Waals surface area contributed by atoms with Gasteiger partial charge in [-0.2, -0.15) is 5.10 Å². The average molecular weight is 428 g/mol. The number of hydrogen-bond donors (Lipinski definition) is 2. The number of fused-ring (bicyclic) bond motifs is 3. The molecule has 0 bridgehead atoms. The SMILES string of the molecule is CCCC1=NNC2C(=O)N(CC(=O)Nc3ccccc3C(=O)OC)C3CCCCC3N12. The van der Waals surface area contributed by atoms with E-state index in [0.29, 0.717) is 5.69 Å². The Balaban J connectivity index is 1.52. The Kier molecular flexibility index (Phi) is 6.11. The molecule has 1 saturated carbocycles. The van der Waals surface area contributed by atoms with Crippen LogP contribution in [0.1, 0.15) is 55.8 Å². The van der Waals surface area contributed by atoms with Gasteiger partial charge in [0.05, 0.1) is 30.4 Å². The number of nitrogens with zero attached hydrogens (tertiary/aromatic N) is 3. The molecule has 9 heteroatoms. The van der Waals surface area contributed by atoms with Gasteiger partial charge in [-0.15, -0.1) is 0 Å². The predicted octanol–water partition coefficient (Wildman–Crippen LogP) is 1.91. The Morgan fingerprint density at radius 3 is 2.71 bits per heavy atom. The Morgan fingerprint density at radius 1 is 1.23 bits per heavy atom. The van der Waals surface area contributed by atoms with Crippen LogP contribution in [0, 0.1) is 0 Å². The quantitative estimate of drug-likeness (QED) is 0.673. The molecule has 9 nitrogen and oxygen atoms in total. The maximum absolute atomic E-state index is 13.3. The van der Waals surface area contributed by atoms with Crippen LogP contribution in [0.5, 0.6) is 0 Å². The van der Waals surface area contributed by atoms with Crippen LogP contribution in [-0.2, 0) is 14.3 Å². The normalized spacial score (nSPS) is 24.6. The molecule has 2 fully saturated rings. The summed E-state index contributed by atoms with van der Waals surface area (Å²) in [5.41, 5.74) is 3.64. The number of nitrogens with one attached hydrogen (secondary N) is 2. The van der Waals surface area contributed by atoms with Gasteiger partial charge in [0.15, 0.2) is 6.17 Å². The topological polar surface area (TPSA) is 103 Å². The zero-order chi connectivity index (χ0) is 22.0. The van der Waals surface area contributed by atoms with Crippen LogP contribution in [0.15, 0.2) is 29.4 Å². The Morgan fingerprint density at radius 2 is 1.97 bits per heavy atom. The number of amidine groups is 1. The molecule has 0 radical (unpaired) electrons. The van der Waals surface area contributed by atoms with E-state index in [0.717, 1.165) is 44.4 Å². The standard InChI is InChI=1S/C22H29N5O4/c1-3-8-18-24-25-20-21(29)26(16-11-6-7-12-17(16)27(18)20)13-19(28)23-15-10-5-4-9-14(15)22(30)31-2/h4-5,9-10,16-17,20,25H,3,6-8,11-13H2,1-2H3,(H,23,28). The van der Waals surface area contributed by atoms with Crippen LogP contribution in [0.3, 0.4) is 0 Å². The van der Waals surface area contributed by atoms with Crippen LogP contribution in [-0.4, -0.2) is 65.3 Å². The molecular formula is C22H29N5O4. The molecule has 166 valence electrons. The lowest BCUT2D eigenvalue weighted by Crippen LogP contribution is -2.69. The number of hydrazone groups is 1. The maximum Gasteiger partial charge on any atom is 0.339 e. The average Bonchev–Trinajstić information content (AvgIpc) is 3.21. The van der Waals surface area contributed by atoms with Gasteiger partial charge in [0.2, 0.25) is 5.91 Å². The van der Waals surface area contributed by atoms with E-state index in [4.69, 9.17) is 4.74 Å². The number of anilines is 1. The molecule has 31 heavy (non-hydrogen) atoms. The van der Waals surface area contributed by atoms with E-state index < -0.39 is 12.1 Å². The van der Waals surface area contributed by atoms with Crippen molar-refractivity contribution in [3.05, 3.63) is 29.8 Å². The zero-order valence-corrected chi connectivity index (χ0v) is 18.0. The number of methoxy groups -OCH3 is 1. The Labute approximate surface area is 181 Å². The molecule has 2 amide bonds. The van der Waals surface area contributed by atoms with Crippen molar-refractivity contribution in [2.45, 2.75) is 63.7 Å². The zero-order valence-electron chi connectivity index (χ0n) is 18.0. The number of carbonyl (C=O) groups excluding carboxylic acids is 3. The van der Waals surface area contributed by atoms with Crippen molar-refractivity contribution in [2.24, 2.45) is 5.10 Å². The van der Waals surface area contributed by atoms with Crippen LogP contribution in [0.25, 0.3) is 0 Å². The van der Waals surface area contributed by atoms with Gasteiger partial charge in [0.25, 0.3) is 5.91 Å². The molecule has 0 spiro atoms. The van der Waals surface area contributed by atoms with Crippen molar-refractivity contribution in [3.8, 4) is 0 Å². The molecule has 2 aliphatic heterocycles. The van der Waals surface area contributed by atoms with Crippen LogP contribution in [0.2, 0.25) is 0 Å². The monoisotopic (exact) mass is 427 g/mol. The molecular weight excluding hydrogens is 398 g/mol. The predicted molar refractivity (Wildman–Crippen MR) is 115 cm³/mol. The van der Waals surface area contributed by atoms with Gasteiger partial charge in [-0.3, -0.25) is 15.0 Å². The molecule has 3 aliphatic rings. The molecule has 4 rings (SSSR count). The van der Waals surface area contributed by atoms with Crippen molar-refractivity contribution >= 4 is 29.3 Å². The van der Waals surface area contributed by atoms with Crippen molar-refractivity contribution in [3.63, 3.8) is 0 Å². The lowest BCUT2D eigenvalue weighted by atomic mass is 9.85. The number of carbonyl (C=O) groups is 3. The second kappa shape index (κ2) is 8.95. The van der Waals surface area contributed by atoms with Gasteiger partial charge in [-0.25, -0.2) is 4.79 Å². The fourth-order valence-electron chi connectivity index (χ4n) is 4.89. The number of hydrogen-bond acceptors (Lipinski definition) is 7. The van der Waals surface area contributed by atoms with E-state index in [1.165, 1.54) is 7.11 Å². The maximum atomic E-state index is 13.3. The summed E-state index contributed by atoms with van der Waals surface area (Å²) in [7, 11) is 1.30. The molecule has 1 saturated heterocycles. The summed E-state index contributed by atoms with van der Waals surface area (Å²) >= 11 is 0. The fourth-order valence-corrected chi connectivity index (χ4v) is 4.89. The highest BCUT2D eigenvalue weighted by molar-refractivity contribution is 6.03. The second-order valence-electron chi connectivity index (χ2n) is 8.19. The molecule has 1 aromatic rings. The smallest absolute Gasteiger partial charge is 0.339 e. The largest absolute Gasteiger partial charge is 0.465 e. The number of piperazine rings is 1. The summed E-state index contributed by atoms with van der Waals surface area (Å²) in [6, 6.07) is 6.82. The Bertz CT molecular complexity index is 902. The first kappa shape index (κ1) is 21.1. The van der Waals surface area contributed by atoms with Gasteiger partial charge >= 0.3 is 5.97 Å². The molecule has 3 atom stereocenters. The third-order valence-electron chi connectivity index (χ3n) is 6.25. The molecule has 1 aliphatic carbocycles. The fraction of sp³-hybridized carbons (Fsp3) is 0.545. The van der Waals surface area contributed by atoms with Crippen molar-refractivity contribution in [1.29, 1.82) is 0 Å². The number of ether oxygens (including phenoxy) is 1. The first-order valence-corrected chi connectivity index (χ1v) is 10.9. The van der Waals surface area contributed by atoms with Crippen molar-refractivity contribution < 1.29 is 19.1 Å². The summed E-state index contributed by atoms with van der Waals surface area (Å²) in [4.78, 5) is 42.1. The van der Waals surface area contributed by atoms with Gasteiger partial charge in [-0.1, -0.05) is 31.9 Å². The van der Waals surface area contributed by atoms with Crippen molar-refractivity contribution in [1.82, 2.24) is 15.2 Å². The number of para-hydroxylation sites is 1. The van der Waals surface area contributed by atoms with E-state index in [-0.39, 0.29) is 36.0 Å². The first-order chi connectivity index (χ1) is 15.0. The number of amides is 2. The number of rotatable bonds is 6. The molecule has 2 N–H and O–H groups in total. The second-order valence-corrected chi connectivity index (χ2v) is 8.19. The first-order valence-electron chi connectivity index (χ1n) is 10.9. The van der Waals surface area contributed by atoms with E-state index >= 15 is 0 Å². The molecule has 2 heterocycles.